The van der Waals surface area contributed by atoms with Crippen LogP contribution in [0.25, 0.3) is 0 Å². The summed E-state index contributed by atoms with van der Waals surface area (Å²) >= 11 is 0. The van der Waals surface area contributed by atoms with E-state index in [1.807, 2.05) is 29.8 Å². The van der Waals surface area contributed by atoms with Gasteiger partial charge in [-0.05, 0) is 37.6 Å². The second kappa shape index (κ2) is 7.28. The van der Waals surface area contributed by atoms with E-state index in [0.717, 1.165) is 11.3 Å². The van der Waals surface area contributed by atoms with Crippen molar-refractivity contribution in [3.63, 3.8) is 0 Å². The van der Waals surface area contributed by atoms with Gasteiger partial charge in [0.1, 0.15) is 4.90 Å². The van der Waals surface area contributed by atoms with Crippen molar-refractivity contribution in [3.05, 3.63) is 48.3 Å². The molecule has 1 aromatic carbocycles. The van der Waals surface area contributed by atoms with E-state index in [1.54, 1.807) is 6.07 Å². The lowest BCUT2D eigenvalue weighted by Crippen LogP contribution is -2.46. The van der Waals surface area contributed by atoms with Gasteiger partial charge >= 0.3 is 6.03 Å². The standard InChI is InChI=1S/C15H19N5O3S/c1-10-4-3-5-12(8-10)19-13-6-7-17-9-14(13)24(22,23)20-15(21)18-11(2)16/h3-9,11H,16H2,1-2H3,(H,17,19)(H2,18,20,21). The molecule has 0 radical (unpaired) electrons. The van der Waals surface area contributed by atoms with Crippen molar-refractivity contribution in [2.75, 3.05) is 5.32 Å². The molecule has 1 aromatic heterocycles. The first-order valence-corrected chi connectivity index (χ1v) is 8.63. The van der Waals surface area contributed by atoms with Crippen molar-refractivity contribution in [2.24, 2.45) is 5.73 Å². The predicted molar refractivity (Wildman–Crippen MR) is 91.2 cm³/mol. The quantitative estimate of drug-likeness (QED) is 0.605. The summed E-state index contributed by atoms with van der Waals surface area (Å²) < 4.78 is 26.7. The van der Waals surface area contributed by atoms with Gasteiger partial charge in [0.15, 0.2) is 0 Å². The number of urea groups is 1. The maximum Gasteiger partial charge on any atom is 0.329 e. The van der Waals surface area contributed by atoms with Crippen molar-refractivity contribution in [1.29, 1.82) is 0 Å². The van der Waals surface area contributed by atoms with Crippen LogP contribution in [0.15, 0.2) is 47.6 Å². The molecule has 5 N–H and O–H groups in total. The number of anilines is 2. The van der Waals surface area contributed by atoms with Gasteiger partial charge in [0.2, 0.25) is 0 Å². The van der Waals surface area contributed by atoms with Crippen molar-refractivity contribution in [1.82, 2.24) is 15.0 Å². The van der Waals surface area contributed by atoms with Crippen LogP contribution in [0.5, 0.6) is 0 Å². The van der Waals surface area contributed by atoms with Gasteiger partial charge in [0.05, 0.1) is 11.9 Å². The maximum atomic E-state index is 12.4. The second-order valence-electron chi connectivity index (χ2n) is 5.23. The number of nitrogens with two attached hydrogens (primary N) is 1. The first kappa shape index (κ1) is 17.7. The summed E-state index contributed by atoms with van der Waals surface area (Å²) in [5.41, 5.74) is 7.45. The highest BCUT2D eigenvalue weighted by Crippen LogP contribution is 2.24. The highest BCUT2D eigenvalue weighted by molar-refractivity contribution is 7.90. The number of pyridine rings is 1. The predicted octanol–water partition coefficient (Wildman–Crippen LogP) is 1.43. The average molecular weight is 349 g/mol. The van der Waals surface area contributed by atoms with Gasteiger partial charge < -0.3 is 16.4 Å². The fourth-order valence-corrected chi connectivity index (χ4v) is 3.01. The number of carbonyl (C=O) groups is 1. The summed E-state index contributed by atoms with van der Waals surface area (Å²) in [4.78, 5) is 15.3. The van der Waals surface area contributed by atoms with E-state index >= 15 is 0 Å². The first-order valence-electron chi connectivity index (χ1n) is 7.14. The molecular weight excluding hydrogens is 330 g/mol. The van der Waals surface area contributed by atoms with Crippen LogP contribution < -0.4 is 21.1 Å². The van der Waals surface area contributed by atoms with Gasteiger partial charge in [0, 0.05) is 18.1 Å². The van der Waals surface area contributed by atoms with Crippen molar-refractivity contribution < 1.29 is 13.2 Å². The molecule has 0 aliphatic rings. The zero-order chi connectivity index (χ0) is 17.7. The highest BCUT2D eigenvalue weighted by Gasteiger charge is 2.22. The summed E-state index contributed by atoms with van der Waals surface area (Å²) in [5, 5.41) is 5.27. The average Bonchev–Trinajstić information content (AvgIpc) is 2.46. The molecule has 9 heteroatoms. The van der Waals surface area contributed by atoms with Crippen LogP contribution in [0.1, 0.15) is 12.5 Å². The maximum absolute atomic E-state index is 12.4. The fraction of sp³-hybridized carbons (Fsp3) is 0.200. The number of aromatic nitrogens is 1. The molecule has 2 amide bonds. The van der Waals surface area contributed by atoms with E-state index in [-0.39, 0.29) is 4.90 Å². The first-order chi connectivity index (χ1) is 11.3. The van der Waals surface area contributed by atoms with Crippen molar-refractivity contribution in [2.45, 2.75) is 24.9 Å². The Hall–Kier alpha value is -2.65. The van der Waals surface area contributed by atoms with Crippen LogP contribution in [0.2, 0.25) is 0 Å². The lowest BCUT2D eigenvalue weighted by atomic mass is 10.2. The van der Waals surface area contributed by atoms with Gasteiger partial charge in [-0.2, -0.15) is 0 Å². The second-order valence-corrected chi connectivity index (χ2v) is 6.88. The Balaban J connectivity index is 2.29. The molecule has 1 unspecified atom stereocenters. The summed E-state index contributed by atoms with van der Waals surface area (Å²) in [6.45, 7) is 3.44. The summed E-state index contributed by atoms with van der Waals surface area (Å²) in [6, 6.07) is 8.06. The molecule has 0 saturated carbocycles. The topological polar surface area (TPSA) is 126 Å². The van der Waals surface area contributed by atoms with Crippen LogP contribution in [-0.4, -0.2) is 25.6 Å². The normalized spacial score (nSPS) is 12.3. The van der Waals surface area contributed by atoms with Gasteiger partial charge in [0.25, 0.3) is 10.0 Å². The number of amides is 2. The van der Waals surface area contributed by atoms with E-state index in [1.165, 1.54) is 25.4 Å². The molecule has 2 rings (SSSR count). The number of nitrogens with zero attached hydrogens (tertiary/aromatic N) is 1. The zero-order valence-electron chi connectivity index (χ0n) is 13.3. The lowest BCUT2D eigenvalue weighted by Gasteiger charge is -2.14. The molecule has 0 fully saturated rings. The zero-order valence-corrected chi connectivity index (χ0v) is 14.1. The van der Waals surface area contributed by atoms with Gasteiger partial charge in [-0.15, -0.1) is 0 Å². The minimum Gasteiger partial charge on any atom is -0.354 e. The number of rotatable bonds is 5. The Morgan fingerprint density at radius 3 is 2.71 bits per heavy atom. The third kappa shape index (κ3) is 4.67. The smallest absolute Gasteiger partial charge is 0.329 e. The molecule has 24 heavy (non-hydrogen) atoms. The number of benzene rings is 1. The lowest BCUT2D eigenvalue weighted by molar-refractivity contribution is 0.243. The number of aryl methyl sites for hydroxylation is 1. The summed E-state index contributed by atoms with van der Waals surface area (Å²) in [7, 11) is -4.11. The van der Waals surface area contributed by atoms with Gasteiger partial charge in [-0.1, -0.05) is 12.1 Å². The van der Waals surface area contributed by atoms with E-state index in [2.05, 4.69) is 15.6 Å². The largest absolute Gasteiger partial charge is 0.354 e. The molecule has 0 spiro atoms. The SMILES string of the molecule is Cc1cccc(Nc2ccncc2S(=O)(=O)NC(=O)NC(C)N)c1. The number of sulfonamides is 1. The minimum atomic E-state index is -4.11. The Bertz CT molecular complexity index is 837. The van der Waals surface area contributed by atoms with E-state index in [9.17, 15) is 13.2 Å². The molecule has 1 atom stereocenters. The number of carbonyl (C=O) groups excluding carboxylic acids is 1. The molecule has 8 nitrogen and oxygen atoms in total. The summed E-state index contributed by atoms with van der Waals surface area (Å²) in [6.07, 6.45) is 1.94. The molecular formula is C15H19N5O3S. The van der Waals surface area contributed by atoms with Crippen LogP contribution >= 0.6 is 0 Å². The van der Waals surface area contributed by atoms with Crippen molar-refractivity contribution in [3.8, 4) is 0 Å². The molecule has 0 aliphatic carbocycles. The van der Waals surface area contributed by atoms with Gasteiger partial charge in [-0.25, -0.2) is 17.9 Å². The highest BCUT2D eigenvalue weighted by atomic mass is 32.2. The van der Waals surface area contributed by atoms with Crippen molar-refractivity contribution >= 4 is 27.4 Å². The van der Waals surface area contributed by atoms with Crippen LogP contribution in [0.4, 0.5) is 16.2 Å². The Morgan fingerprint density at radius 1 is 1.29 bits per heavy atom. The molecule has 0 bridgehead atoms. The Labute approximate surface area is 140 Å². The van der Waals surface area contributed by atoms with Crippen LogP contribution in [-0.2, 0) is 10.0 Å². The molecule has 2 aromatic rings. The van der Waals surface area contributed by atoms with E-state index in [4.69, 9.17) is 5.73 Å². The minimum absolute atomic E-state index is 0.147. The third-order valence-corrected chi connectivity index (χ3v) is 4.32. The third-order valence-electron chi connectivity index (χ3n) is 2.96. The van der Waals surface area contributed by atoms with Crippen LogP contribution in [0, 0.1) is 6.92 Å². The monoisotopic (exact) mass is 349 g/mol. The van der Waals surface area contributed by atoms with E-state index < -0.39 is 22.2 Å². The number of nitrogens with one attached hydrogen (secondary N) is 3. The molecule has 0 saturated heterocycles. The van der Waals surface area contributed by atoms with Crippen LogP contribution in [0.3, 0.4) is 0 Å². The number of hydrogen-bond donors (Lipinski definition) is 4. The molecule has 128 valence electrons. The fourth-order valence-electron chi connectivity index (χ4n) is 1.99. The van der Waals surface area contributed by atoms with E-state index in [0.29, 0.717) is 5.69 Å². The Morgan fingerprint density at radius 2 is 2.04 bits per heavy atom. The van der Waals surface area contributed by atoms with Gasteiger partial charge in [-0.3, -0.25) is 4.98 Å². The number of hydrogen-bond acceptors (Lipinski definition) is 6. The molecule has 0 aliphatic heterocycles. The summed E-state index contributed by atoms with van der Waals surface area (Å²) in [5.74, 6) is 0. The Kier molecular flexibility index (Phi) is 5.37. The molecule has 1 heterocycles.